The summed E-state index contributed by atoms with van der Waals surface area (Å²) in [6.45, 7) is 13.9. The fraction of sp³-hybridized carbons (Fsp3) is 0.667. The summed E-state index contributed by atoms with van der Waals surface area (Å²) in [6, 6.07) is 5.82. The van der Waals surface area contributed by atoms with Gasteiger partial charge in [0.05, 0.1) is 6.61 Å². The Morgan fingerprint density at radius 1 is 1.37 bits per heavy atom. The summed E-state index contributed by atoms with van der Waals surface area (Å²) < 4.78 is 11.3. The third kappa shape index (κ3) is 7.97. The standard InChI is InChI=1S/C21H33ClN2O3/c1-15(2)14-26-19-7-6-18(22)10-17(19)13-24-9-8-16(12-24)11-23-20(25)27-21(3,4)5/h6-7,10,15-16H,8-9,11-14H2,1-5H3,(H,23,25)/t16-/m0/s1. The monoisotopic (exact) mass is 396 g/mol. The molecule has 5 nitrogen and oxygen atoms in total. The van der Waals surface area contributed by atoms with Gasteiger partial charge in [0, 0.05) is 30.2 Å². The zero-order valence-corrected chi connectivity index (χ0v) is 17.9. The van der Waals surface area contributed by atoms with Crippen molar-refractivity contribution in [1.82, 2.24) is 10.2 Å². The molecule has 0 aliphatic carbocycles. The van der Waals surface area contributed by atoms with Crippen molar-refractivity contribution in [3.8, 4) is 5.75 Å². The van der Waals surface area contributed by atoms with Gasteiger partial charge in [-0.25, -0.2) is 4.79 Å². The molecule has 0 aromatic heterocycles. The topological polar surface area (TPSA) is 50.8 Å². The second kappa shape index (κ2) is 9.65. The number of carbonyl (C=O) groups excluding carboxylic acids is 1. The number of ether oxygens (including phenoxy) is 2. The Labute approximate surface area is 168 Å². The molecule has 1 aliphatic heterocycles. The van der Waals surface area contributed by atoms with Gasteiger partial charge in [-0.05, 0) is 63.8 Å². The average Bonchev–Trinajstić information content (AvgIpc) is 2.98. The zero-order chi connectivity index (χ0) is 20.0. The highest BCUT2D eigenvalue weighted by atomic mass is 35.5. The molecule has 0 bridgehead atoms. The molecule has 1 fully saturated rings. The second-order valence-corrected chi connectivity index (χ2v) is 9.17. The summed E-state index contributed by atoms with van der Waals surface area (Å²) in [5, 5.41) is 3.61. The summed E-state index contributed by atoms with van der Waals surface area (Å²) in [6.07, 6.45) is 0.707. The van der Waals surface area contributed by atoms with Crippen molar-refractivity contribution < 1.29 is 14.3 Å². The van der Waals surface area contributed by atoms with Crippen LogP contribution in [-0.2, 0) is 11.3 Å². The molecule has 0 saturated carbocycles. The Bertz CT molecular complexity index is 628. The van der Waals surface area contributed by atoms with E-state index in [2.05, 4.69) is 24.1 Å². The Kier molecular flexibility index (Phi) is 7.80. The first-order valence-electron chi connectivity index (χ1n) is 9.73. The highest BCUT2D eigenvalue weighted by Crippen LogP contribution is 2.27. The lowest BCUT2D eigenvalue weighted by Crippen LogP contribution is -2.36. The number of amides is 1. The van der Waals surface area contributed by atoms with Crippen LogP contribution < -0.4 is 10.1 Å². The average molecular weight is 397 g/mol. The van der Waals surface area contributed by atoms with Crippen LogP contribution in [0.5, 0.6) is 5.75 Å². The zero-order valence-electron chi connectivity index (χ0n) is 17.2. The maximum Gasteiger partial charge on any atom is 0.407 e. The number of halogens is 1. The van der Waals surface area contributed by atoms with Crippen molar-refractivity contribution in [2.45, 2.75) is 53.2 Å². The molecule has 1 aromatic rings. The molecule has 1 amide bonds. The fourth-order valence-electron chi connectivity index (χ4n) is 3.07. The van der Waals surface area contributed by atoms with E-state index in [1.807, 2.05) is 39.0 Å². The Balaban J connectivity index is 1.85. The van der Waals surface area contributed by atoms with Crippen molar-refractivity contribution in [3.63, 3.8) is 0 Å². The Hall–Kier alpha value is -1.46. The van der Waals surface area contributed by atoms with Gasteiger partial charge in [0.2, 0.25) is 0 Å². The van der Waals surface area contributed by atoms with Gasteiger partial charge in [0.1, 0.15) is 11.4 Å². The molecule has 1 aliphatic rings. The van der Waals surface area contributed by atoms with Gasteiger partial charge in [-0.15, -0.1) is 0 Å². The van der Waals surface area contributed by atoms with Crippen LogP contribution in [0.2, 0.25) is 5.02 Å². The first-order chi connectivity index (χ1) is 12.6. The predicted octanol–water partition coefficient (Wildman–Crippen LogP) is 4.72. The van der Waals surface area contributed by atoms with Gasteiger partial charge in [-0.3, -0.25) is 4.90 Å². The number of nitrogens with zero attached hydrogens (tertiary/aromatic N) is 1. The van der Waals surface area contributed by atoms with E-state index >= 15 is 0 Å². The minimum Gasteiger partial charge on any atom is -0.493 e. The minimum absolute atomic E-state index is 0.347. The highest BCUT2D eigenvalue weighted by Gasteiger charge is 2.25. The highest BCUT2D eigenvalue weighted by molar-refractivity contribution is 6.30. The lowest BCUT2D eigenvalue weighted by molar-refractivity contribution is 0.0519. The van der Waals surface area contributed by atoms with Crippen molar-refractivity contribution in [3.05, 3.63) is 28.8 Å². The maximum atomic E-state index is 11.8. The largest absolute Gasteiger partial charge is 0.493 e. The smallest absolute Gasteiger partial charge is 0.407 e. The molecule has 1 atom stereocenters. The van der Waals surface area contributed by atoms with Crippen molar-refractivity contribution in [2.24, 2.45) is 11.8 Å². The van der Waals surface area contributed by atoms with Crippen LogP contribution in [0.1, 0.15) is 46.6 Å². The molecule has 1 saturated heterocycles. The van der Waals surface area contributed by atoms with Crippen molar-refractivity contribution >= 4 is 17.7 Å². The number of rotatable bonds is 7. The molecule has 1 N–H and O–H groups in total. The number of hydrogen-bond donors (Lipinski definition) is 1. The van der Waals surface area contributed by atoms with Crippen LogP contribution in [0.3, 0.4) is 0 Å². The van der Waals surface area contributed by atoms with Crippen LogP contribution in [0.4, 0.5) is 4.79 Å². The van der Waals surface area contributed by atoms with E-state index < -0.39 is 5.60 Å². The van der Waals surface area contributed by atoms with E-state index in [9.17, 15) is 4.79 Å². The van der Waals surface area contributed by atoms with Gasteiger partial charge >= 0.3 is 6.09 Å². The minimum atomic E-state index is -0.468. The van der Waals surface area contributed by atoms with Crippen LogP contribution >= 0.6 is 11.6 Å². The molecule has 0 radical (unpaired) electrons. The molecular formula is C21H33ClN2O3. The van der Waals surface area contributed by atoms with Crippen LogP contribution in [-0.4, -0.2) is 42.8 Å². The lowest BCUT2D eigenvalue weighted by atomic mass is 10.1. The van der Waals surface area contributed by atoms with Crippen molar-refractivity contribution in [2.75, 3.05) is 26.2 Å². The molecule has 6 heteroatoms. The molecular weight excluding hydrogens is 364 g/mol. The molecule has 1 heterocycles. The van der Waals surface area contributed by atoms with Crippen LogP contribution in [0.15, 0.2) is 18.2 Å². The van der Waals surface area contributed by atoms with E-state index in [4.69, 9.17) is 21.1 Å². The summed E-state index contributed by atoms with van der Waals surface area (Å²) in [5.74, 6) is 1.81. The number of nitrogens with one attached hydrogen (secondary N) is 1. The quantitative estimate of drug-likeness (QED) is 0.724. The molecule has 27 heavy (non-hydrogen) atoms. The Morgan fingerprint density at radius 3 is 2.78 bits per heavy atom. The molecule has 2 rings (SSSR count). The molecule has 0 spiro atoms. The summed E-state index contributed by atoms with van der Waals surface area (Å²) in [7, 11) is 0. The van der Waals surface area contributed by atoms with E-state index in [-0.39, 0.29) is 6.09 Å². The summed E-state index contributed by atoms with van der Waals surface area (Å²) in [4.78, 5) is 14.2. The SMILES string of the molecule is CC(C)COc1ccc(Cl)cc1CN1CC[C@@H](CNC(=O)OC(C)(C)C)C1. The number of likely N-dealkylation sites (tertiary alicyclic amines) is 1. The third-order valence-corrected chi connectivity index (χ3v) is 4.53. The Morgan fingerprint density at radius 2 is 2.11 bits per heavy atom. The third-order valence-electron chi connectivity index (χ3n) is 4.29. The fourth-order valence-corrected chi connectivity index (χ4v) is 3.27. The second-order valence-electron chi connectivity index (χ2n) is 8.73. The number of carbonyl (C=O) groups is 1. The van der Waals surface area contributed by atoms with E-state index in [1.165, 1.54) is 0 Å². The van der Waals surface area contributed by atoms with Crippen LogP contribution in [0, 0.1) is 11.8 Å². The first kappa shape index (κ1) is 21.8. The van der Waals surface area contributed by atoms with E-state index in [0.29, 0.717) is 25.0 Å². The first-order valence-corrected chi connectivity index (χ1v) is 10.1. The number of hydrogen-bond acceptors (Lipinski definition) is 4. The van der Waals surface area contributed by atoms with Gasteiger partial charge in [-0.1, -0.05) is 25.4 Å². The lowest BCUT2D eigenvalue weighted by Gasteiger charge is -2.21. The number of benzene rings is 1. The van der Waals surface area contributed by atoms with Gasteiger partial charge < -0.3 is 14.8 Å². The van der Waals surface area contributed by atoms with Crippen molar-refractivity contribution in [1.29, 1.82) is 0 Å². The summed E-state index contributed by atoms with van der Waals surface area (Å²) >= 11 is 6.20. The molecule has 0 unspecified atom stereocenters. The van der Waals surface area contributed by atoms with E-state index in [1.54, 1.807) is 0 Å². The summed E-state index contributed by atoms with van der Waals surface area (Å²) in [5.41, 5.74) is 0.647. The maximum absolute atomic E-state index is 11.8. The van der Waals surface area contributed by atoms with Crippen LogP contribution in [0.25, 0.3) is 0 Å². The predicted molar refractivity (Wildman–Crippen MR) is 109 cm³/mol. The number of alkyl carbamates (subject to hydrolysis) is 1. The van der Waals surface area contributed by atoms with Gasteiger partial charge in [-0.2, -0.15) is 0 Å². The van der Waals surface area contributed by atoms with Gasteiger partial charge in [0.25, 0.3) is 0 Å². The van der Waals surface area contributed by atoms with Gasteiger partial charge in [0.15, 0.2) is 0 Å². The van der Waals surface area contributed by atoms with E-state index in [0.717, 1.165) is 42.4 Å². The normalized spacial score (nSPS) is 18.0. The molecule has 152 valence electrons. The molecule has 1 aromatic carbocycles.